The first-order chi connectivity index (χ1) is 12.3. The van der Waals surface area contributed by atoms with Crippen molar-refractivity contribution in [1.29, 1.82) is 0 Å². The third-order valence-corrected chi connectivity index (χ3v) is 6.66. The van der Waals surface area contributed by atoms with Crippen molar-refractivity contribution in [2.24, 2.45) is 5.92 Å². The number of para-hydroxylation sites is 1. The average Bonchev–Trinajstić information content (AvgIpc) is 3.22. The Balaban J connectivity index is 1.20. The van der Waals surface area contributed by atoms with Crippen molar-refractivity contribution in [3.05, 3.63) is 24.3 Å². The molecule has 1 aromatic carbocycles. The lowest BCUT2D eigenvalue weighted by Crippen LogP contribution is -2.53. The van der Waals surface area contributed by atoms with E-state index in [0.29, 0.717) is 6.04 Å². The molecule has 2 saturated heterocycles. The molecule has 0 radical (unpaired) electrons. The maximum atomic E-state index is 12.8. The monoisotopic (exact) mass is 357 g/mol. The second kappa shape index (κ2) is 6.23. The number of nitrogens with one attached hydrogen (secondary N) is 2. The maximum Gasteiger partial charge on any atom is 0.241 e. The molecule has 2 aliphatic heterocycles. The van der Waals surface area contributed by atoms with Gasteiger partial charge in [-0.2, -0.15) is 0 Å². The molecule has 0 spiro atoms. The summed E-state index contributed by atoms with van der Waals surface area (Å²) >= 11 is 1.74. The van der Waals surface area contributed by atoms with Crippen LogP contribution in [-0.4, -0.2) is 54.1 Å². The van der Waals surface area contributed by atoms with E-state index in [1.807, 2.05) is 11.0 Å². The fourth-order valence-electron chi connectivity index (χ4n) is 3.88. The molecule has 3 aliphatic rings. The standard InChI is InChI=1S/C18H23N5OS/c24-17(15-11-14(20-21-15)12-5-6-12)22-7-9-23(10-8-22)18-19-13-3-1-2-4-16(13)25-18/h1-4,12,14-15,20-21H,5-11H2. The molecule has 1 aromatic heterocycles. The first-order valence-corrected chi connectivity index (χ1v) is 10.00. The first kappa shape index (κ1) is 15.5. The number of carbonyl (C=O) groups excluding carboxylic acids is 1. The van der Waals surface area contributed by atoms with E-state index in [0.717, 1.165) is 49.2 Å². The third kappa shape index (κ3) is 3.01. The summed E-state index contributed by atoms with van der Waals surface area (Å²) in [7, 11) is 0. The number of hydrazine groups is 1. The molecule has 3 heterocycles. The summed E-state index contributed by atoms with van der Waals surface area (Å²) in [6.45, 7) is 3.28. The Morgan fingerprint density at radius 3 is 2.68 bits per heavy atom. The summed E-state index contributed by atoms with van der Waals surface area (Å²) < 4.78 is 1.23. The number of fused-ring (bicyclic) bond motifs is 1. The Hall–Kier alpha value is -1.70. The molecule has 0 bridgehead atoms. The Kier molecular flexibility index (Phi) is 3.87. The second-order valence-electron chi connectivity index (χ2n) is 7.30. The van der Waals surface area contributed by atoms with Gasteiger partial charge in [0.2, 0.25) is 5.91 Å². The number of piperazine rings is 1. The smallest absolute Gasteiger partial charge is 0.241 e. The van der Waals surface area contributed by atoms with E-state index in [4.69, 9.17) is 4.98 Å². The van der Waals surface area contributed by atoms with E-state index in [1.165, 1.54) is 17.5 Å². The van der Waals surface area contributed by atoms with Crippen molar-refractivity contribution in [2.45, 2.75) is 31.3 Å². The van der Waals surface area contributed by atoms with Gasteiger partial charge in [0.25, 0.3) is 0 Å². The number of nitrogens with zero attached hydrogens (tertiary/aromatic N) is 3. The zero-order valence-electron chi connectivity index (χ0n) is 14.1. The molecule has 1 saturated carbocycles. The molecule has 25 heavy (non-hydrogen) atoms. The van der Waals surface area contributed by atoms with Gasteiger partial charge in [-0.05, 0) is 37.3 Å². The quantitative estimate of drug-likeness (QED) is 0.874. The Labute approximate surface area is 151 Å². The summed E-state index contributed by atoms with van der Waals surface area (Å²) in [5.41, 5.74) is 7.61. The molecule has 5 rings (SSSR count). The van der Waals surface area contributed by atoms with Gasteiger partial charge in [-0.3, -0.25) is 10.2 Å². The van der Waals surface area contributed by atoms with Gasteiger partial charge in [-0.15, -0.1) is 0 Å². The summed E-state index contributed by atoms with van der Waals surface area (Å²) in [6.07, 6.45) is 3.55. The lowest BCUT2D eigenvalue weighted by molar-refractivity contribution is -0.133. The first-order valence-electron chi connectivity index (χ1n) is 9.18. The van der Waals surface area contributed by atoms with Gasteiger partial charge in [0.15, 0.2) is 5.13 Å². The second-order valence-corrected chi connectivity index (χ2v) is 8.31. The van der Waals surface area contributed by atoms with Crippen molar-refractivity contribution >= 4 is 32.6 Å². The minimum atomic E-state index is -0.0559. The Bertz CT molecular complexity index is 748. The van der Waals surface area contributed by atoms with Crippen LogP contribution in [0, 0.1) is 5.92 Å². The Morgan fingerprint density at radius 1 is 1.12 bits per heavy atom. The van der Waals surface area contributed by atoms with Crippen LogP contribution >= 0.6 is 11.3 Å². The van der Waals surface area contributed by atoms with Crippen LogP contribution in [0.5, 0.6) is 0 Å². The largest absolute Gasteiger partial charge is 0.345 e. The van der Waals surface area contributed by atoms with Gasteiger partial charge in [0.1, 0.15) is 6.04 Å². The van der Waals surface area contributed by atoms with Gasteiger partial charge in [-0.25, -0.2) is 10.4 Å². The molecule has 1 aliphatic carbocycles. The molecule has 2 atom stereocenters. The fraction of sp³-hybridized carbons (Fsp3) is 0.556. The molecular formula is C18H23N5OS. The van der Waals surface area contributed by atoms with Gasteiger partial charge in [-0.1, -0.05) is 23.5 Å². The SMILES string of the molecule is O=C(C1CC(C2CC2)NN1)N1CCN(c2nc3ccccc3s2)CC1. The van der Waals surface area contributed by atoms with Crippen molar-refractivity contribution in [3.8, 4) is 0 Å². The molecule has 2 aromatic rings. The summed E-state index contributed by atoms with van der Waals surface area (Å²) in [5.74, 6) is 1.03. The van der Waals surface area contributed by atoms with Crippen LogP contribution in [0.25, 0.3) is 10.2 Å². The molecule has 2 N–H and O–H groups in total. The molecule has 1 amide bonds. The van der Waals surface area contributed by atoms with Crippen molar-refractivity contribution in [2.75, 3.05) is 31.1 Å². The van der Waals surface area contributed by atoms with Crippen LogP contribution in [-0.2, 0) is 4.79 Å². The lowest BCUT2D eigenvalue weighted by Gasteiger charge is -2.35. The van der Waals surface area contributed by atoms with Crippen molar-refractivity contribution in [3.63, 3.8) is 0 Å². The van der Waals surface area contributed by atoms with E-state index in [1.54, 1.807) is 11.3 Å². The average molecular weight is 357 g/mol. The van der Waals surface area contributed by atoms with Crippen LogP contribution in [0.3, 0.4) is 0 Å². The van der Waals surface area contributed by atoms with E-state index in [2.05, 4.69) is 34.0 Å². The highest BCUT2D eigenvalue weighted by atomic mass is 32.1. The van der Waals surface area contributed by atoms with Gasteiger partial charge in [0, 0.05) is 32.2 Å². The van der Waals surface area contributed by atoms with E-state index >= 15 is 0 Å². The van der Waals surface area contributed by atoms with Crippen LogP contribution < -0.4 is 15.8 Å². The lowest BCUT2D eigenvalue weighted by atomic mass is 10.1. The minimum absolute atomic E-state index is 0.0559. The van der Waals surface area contributed by atoms with Gasteiger partial charge >= 0.3 is 0 Å². The van der Waals surface area contributed by atoms with E-state index < -0.39 is 0 Å². The zero-order valence-corrected chi connectivity index (χ0v) is 15.0. The highest BCUT2D eigenvalue weighted by Crippen LogP contribution is 2.36. The molecular weight excluding hydrogens is 334 g/mol. The number of thiazole rings is 1. The molecule has 2 unspecified atom stereocenters. The van der Waals surface area contributed by atoms with Gasteiger partial charge in [0.05, 0.1) is 10.2 Å². The molecule has 3 fully saturated rings. The fourth-order valence-corrected chi connectivity index (χ4v) is 4.90. The van der Waals surface area contributed by atoms with E-state index in [-0.39, 0.29) is 11.9 Å². The Morgan fingerprint density at radius 2 is 1.92 bits per heavy atom. The number of benzene rings is 1. The summed E-state index contributed by atoms with van der Waals surface area (Å²) in [5, 5.41) is 1.07. The predicted molar refractivity (Wildman–Crippen MR) is 99.6 cm³/mol. The predicted octanol–water partition coefficient (Wildman–Crippen LogP) is 1.59. The minimum Gasteiger partial charge on any atom is -0.345 e. The van der Waals surface area contributed by atoms with Gasteiger partial charge < -0.3 is 9.80 Å². The van der Waals surface area contributed by atoms with Crippen molar-refractivity contribution < 1.29 is 4.79 Å². The number of hydrogen-bond donors (Lipinski definition) is 2. The number of hydrogen-bond acceptors (Lipinski definition) is 6. The summed E-state index contributed by atoms with van der Waals surface area (Å²) in [4.78, 5) is 21.8. The van der Waals surface area contributed by atoms with E-state index in [9.17, 15) is 4.79 Å². The van der Waals surface area contributed by atoms with Crippen LogP contribution in [0.2, 0.25) is 0 Å². The maximum absolute atomic E-state index is 12.8. The topological polar surface area (TPSA) is 60.5 Å². The van der Waals surface area contributed by atoms with Crippen LogP contribution in [0.4, 0.5) is 5.13 Å². The molecule has 6 nitrogen and oxygen atoms in total. The molecule has 132 valence electrons. The highest BCUT2D eigenvalue weighted by Gasteiger charge is 2.40. The number of aromatic nitrogens is 1. The highest BCUT2D eigenvalue weighted by molar-refractivity contribution is 7.22. The number of carbonyl (C=O) groups is 1. The zero-order chi connectivity index (χ0) is 16.8. The number of anilines is 1. The molecule has 7 heteroatoms. The third-order valence-electron chi connectivity index (χ3n) is 5.57. The van der Waals surface area contributed by atoms with Crippen LogP contribution in [0.15, 0.2) is 24.3 Å². The normalized spacial score (nSPS) is 27.2. The van der Waals surface area contributed by atoms with Crippen LogP contribution in [0.1, 0.15) is 19.3 Å². The number of rotatable bonds is 3. The number of amides is 1. The summed E-state index contributed by atoms with van der Waals surface area (Å²) in [6, 6.07) is 8.69. The van der Waals surface area contributed by atoms with Crippen molar-refractivity contribution in [1.82, 2.24) is 20.7 Å².